The minimum atomic E-state index is -1.01. The molecule has 37 heavy (non-hydrogen) atoms. The number of carbonyl (C=O) groups is 1. The van der Waals surface area contributed by atoms with E-state index in [4.69, 9.17) is 24.8 Å². The number of carboxylic acids is 1. The molecule has 3 aromatic carbocycles. The Morgan fingerprint density at radius 3 is 2.30 bits per heavy atom. The fraction of sp³-hybridized carbons (Fsp3) is 0.161. The molecule has 2 unspecified atom stereocenters. The highest BCUT2D eigenvalue weighted by Gasteiger charge is 2.36. The van der Waals surface area contributed by atoms with Crippen LogP contribution in [0.25, 0.3) is 22.5 Å². The number of hydrogen-bond donors (Lipinski definition) is 1. The van der Waals surface area contributed by atoms with Gasteiger partial charge in [-0.2, -0.15) is 0 Å². The zero-order valence-corrected chi connectivity index (χ0v) is 20.5. The van der Waals surface area contributed by atoms with Crippen molar-refractivity contribution < 1.29 is 14.6 Å². The monoisotopic (exact) mass is 489 g/mol. The lowest BCUT2D eigenvalue weighted by molar-refractivity contribution is -0.139. The van der Waals surface area contributed by atoms with E-state index in [0.29, 0.717) is 12.2 Å². The minimum Gasteiger partial charge on any atom is -0.482 e. The second-order valence-electron chi connectivity index (χ2n) is 9.17. The molecule has 0 fully saturated rings. The summed E-state index contributed by atoms with van der Waals surface area (Å²) in [5, 5.41) is 8.98. The maximum absolute atomic E-state index is 11.0. The van der Waals surface area contributed by atoms with Gasteiger partial charge in [-0.05, 0) is 37.1 Å². The standard InChI is InChI=1S/C31H27N3O3/c1-31(16-9-17-33-31)26(19-22-10-8-15-25(18-22)37-21-28(35)36)27-20-32-29(23-11-4-2-5-12-23)30(34-27)24-13-6-3-7-14-24/h2-18,20,26H,19,21H2,1H3,(H,35,36). The van der Waals surface area contributed by atoms with Crippen LogP contribution < -0.4 is 4.74 Å². The predicted molar refractivity (Wildman–Crippen MR) is 145 cm³/mol. The Hall–Kier alpha value is -4.58. The second-order valence-corrected chi connectivity index (χ2v) is 9.17. The van der Waals surface area contributed by atoms with Crippen molar-refractivity contribution in [1.82, 2.24) is 9.97 Å². The average molecular weight is 490 g/mol. The molecule has 0 bridgehead atoms. The van der Waals surface area contributed by atoms with Crippen molar-refractivity contribution in [3.05, 3.63) is 115 Å². The van der Waals surface area contributed by atoms with E-state index in [1.165, 1.54) is 0 Å². The summed E-state index contributed by atoms with van der Waals surface area (Å²) >= 11 is 0. The van der Waals surface area contributed by atoms with Gasteiger partial charge in [-0.3, -0.25) is 9.98 Å². The lowest BCUT2D eigenvalue weighted by Gasteiger charge is -2.30. The van der Waals surface area contributed by atoms with Gasteiger partial charge in [0.05, 0.1) is 22.6 Å². The Balaban J connectivity index is 1.58. The average Bonchev–Trinajstić information content (AvgIpc) is 3.38. The summed E-state index contributed by atoms with van der Waals surface area (Å²) in [7, 11) is 0. The Bertz CT molecular complexity index is 1440. The van der Waals surface area contributed by atoms with E-state index in [-0.39, 0.29) is 12.5 Å². The van der Waals surface area contributed by atoms with Crippen LogP contribution in [0.1, 0.15) is 24.1 Å². The molecule has 0 saturated heterocycles. The molecule has 1 N–H and O–H groups in total. The molecule has 1 aliphatic heterocycles. The zero-order valence-electron chi connectivity index (χ0n) is 20.5. The highest BCUT2D eigenvalue weighted by molar-refractivity contribution is 5.78. The van der Waals surface area contributed by atoms with Gasteiger partial charge >= 0.3 is 5.97 Å². The molecular formula is C31H27N3O3. The largest absolute Gasteiger partial charge is 0.482 e. The van der Waals surface area contributed by atoms with Gasteiger partial charge in [-0.25, -0.2) is 9.78 Å². The first-order chi connectivity index (χ1) is 18.0. The Morgan fingerprint density at radius 2 is 1.65 bits per heavy atom. The summed E-state index contributed by atoms with van der Waals surface area (Å²) < 4.78 is 5.42. The molecule has 0 saturated carbocycles. The van der Waals surface area contributed by atoms with Crippen LogP contribution in [0.4, 0.5) is 0 Å². The maximum atomic E-state index is 11.0. The highest BCUT2D eigenvalue weighted by Crippen LogP contribution is 2.39. The Labute approximate surface area is 216 Å². The number of rotatable bonds is 9. The third-order valence-corrected chi connectivity index (χ3v) is 6.52. The van der Waals surface area contributed by atoms with Crippen LogP contribution in [0.3, 0.4) is 0 Å². The van der Waals surface area contributed by atoms with Crippen LogP contribution in [0.5, 0.6) is 5.75 Å². The second kappa shape index (κ2) is 10.6. The van der Waals surface area contributed by atoms with Crippen LogP contribution in [0, 0.1) is 0 Å². The molecule has 6 nitrogen and oxygen atoms in total. The fourth-order valence-electron chi connectivity index (χ4n) is 4.62. The van der Waals surface area contributed by atoms with Crippen molar-refractivity contribution in [3.8, 4) is 28.3 Å². The fourth-order valence-corrected chi connectivity index (χ4v) is 4.62. The Morgan fingerprint density at radius 1 is 0.946 bits per heavy atom. The van der Waals surface area contributed by atoms with Crippen LogP contribution >= 0.6 is 0 Å². The van der Waals surface area contributed by atoms with Crippen molar-refractivity contribution >= 4 is 12.2 Å². The Kier molecular flexibility index (Phi) is 6.90. The van der Waals surface area contributed by atoms with Gasteiger partial charge in [0.25, 0.3) is 0 Å². The summed E-state index contributed by atoms with van der Waals surface area (Å²) in [6.45, 7) is 1.71. The molecule has 2 heterocycles. The van der Waals surface area contributed by atoms with Gasteiger partial charge in [0.2, 0.25) is 0 Å². The van der Waals surface area contributed by atoms with E-state index >= 15 is 0 Å². The highest BCUT2D eigenvalue weighted by atomic mass is 16.5. The molecular weight excluding hydrogens is 462 g/mol. The first-order valence-electron chi connectivity index (χ1n) is 12.2. The van der Waals surface area contributed by atoms with Crippen molar-refractivity contribution in [3.63, 3.8) is 0 Å². The molecule has 5 rings (SSSR count). The van der Waals surface area contributed by atoms with E-state index in [9.17, 15) is 4.79 Å². The lowest BCUT2D eigenvalue weighted by atomic mass is 9.80. The minimum absolute atomic E-state index is 0.114. The van der Waals surface area contributed by atoms with Crippen molar-refractivity contribution in [1.29, 1.82) is 0 Å². The lowest BCUT2D eigenvalue weighted by Crippen LogP contribution is -2.30. The number of aromatic nitrogens is 2. The zero-order chi connectivity index (χ0) is 25.7. The van der Waals surface area contributed by atoms with Gasteiger partial charge in [-0.15, -0.1) is 0 Å². The molecule has 0 aliphatic carbocycles. The molecule has 184 valence electrons. The van der Waals surface area contributed by atoms with Crippen LogP contribution in [0.15, 0.2) is 108 Å². The molecule has 4 aromatic rings. The number of aliphatic imine (C=N–C) groups is 1. The number of aliphatic carboxylic acids is 1. The number of nitrogens with zero attached hydrogens (tertiary/aromatic N) is 3. The number of hydrogen-bond acceptors (Lipinski definition) is 5. The quantitative estimate of drug-likeness (QED) is 0.312. The number of ether oxygens (including phenoxy) is 1. The molecule has 1 aliphatic rings. The van der Waals surface area contributed by atoms with Crippen LogP contribution in [-0.4, -0.2) is 39.4 Å². The van der Waals surface area contributed by atoms with Gasteiger partial charge < -0.3 is 9.84 Å². The van der Waals surface area contributed by atoms with E-state index < -0.39 is 11.5 Å². The van der Waals surface area contributed by atoms with E-state index in [1.54, 1.807) is 6.07 Å². The first kappa shape index (κ1) is 24.1. The maximum Gasteiger partial charge on any atom is 0.341 e. The number of allylic oxidation sites excluding steroid dienone is 1. The van der Waals surface area contributed by atoms with Crippen LogP contribution in [0.2, 0.25) is 0 Å². The molecule has 0 amide bonds. The number of benzene rings is 3. The molecule has 2 atom stereocenters. The molecule has 0 radical (unpaired) electrons. The summed E-state index contributed by atoms with van der Waals surface area (Å²) in [6, 6.07) is 27.7. The molecule has 6 heteroatoms. The summed E-state index contributed by atoms with van der Waals surface area (Å²) in [4.78, 5) is 25.9. The summed E-state index contributed by atoms with van der Waals surface area (Å²) in [5.41, 5.74) is 4.98. The summed E-state index contributed by atoms with van der Waals surface area (Å²) in [6.07, 6.45) is 8.36. The van der Waals surface area contributed by atoms with Gasteiger partial charge in [0.1, 0.15) is 5.75 Å². The first-order valence-corrected chi connectivity index (χ1v) is 12.2. The summed E-state index contributed by atoms with van der Waals surface area (Å²) in [5.74, 6) is -0.606. The van der Waals surface area contributed by atoms with Crippen molar-refractivity contribution in [2.75, 3.05) is 6.61 Å². The van der Waals surface area contributed by atoms with Gasteiger partial charge in [0.15, 0.2) is 6.61 Å². The van der Waals surface area contributed by atoms with E-state index in [2.05, 4.69) is 13.0 Å². The van der Waals surface area contributed by atoms with Crippen molar-refractivity contribution in [2.45, 2.75) is 24.8 Å². The number of carboxylic acid groups (broad SMARTS) is 1. The van der Waals surface area contributed by atoms with Gasteiger partial charge in [0, 0.05) is 29.5 Å². The van der Waals surface area contributed by atoms with Gasteiger partial charge in [-0.1, -0.05) is 78.9 Å². The van der Waals surface area contributed by atoms with E-state index in [1.807, 2.05) is 97.4 Å². The normalized spacial score (nSPS) is 17.0. The van der Waals surface area contributed by atoms with Crippen molar-refractivity contribution in [2.24, 2.45) is 4.99 Å². The SMILES string of the molecule is CC1(C(Cc2cccc(OCC(=O)O)c2)c2cnc(-c3ccccc3)c(-c3ccccc3)n2)C=CC=N1. The van der Waals surface area contributed by atoms with Crippen LogP contribution in [-0.2, 0) is 11.2 Å². The third kappa shape index (κ3) is 5.48. The third-order valence-electron chi connectivity index (χ3n) is 6.52. The topological polar surface area (TPSA) is 84.7 Å². The molecule has 1 aromatic heterocycles. The molecule has 0 spiro atoms. The van der Waals surface area contributed by atoms with E-state index in [0.717, 1.165) is 33.8 Å². The predicted octanol–water partition coefficient (Wildman–Crippen LogP) is 6.00. The smallest absolute Gasteiger partial charge is 0.341 e.